The molecule has 2 heterocycles. The van der Waals surface area contributed by atoms with Crippen molar-refractivity contribution in [3.63, 3.8) is 0 Å². The molecule has 1 aromatic heterocycles. The van der Waals surface area contributed by atoms with Crippen LogP contribution in [0.2, 0.25) is 0 Å². The van der Waals surface area contributed by atoms with Crippen LogP contribution >= 0.6 is 0 Å². The number of morpholine rings is 1. The van der Waals surface area contributed by atoms with E-state index in [1.54, 1.807) is 25.3 Å². The summed E-state index contributed by atoms with van der Waals surface area (Å²) in [6.45, 7) is 32.0. The number of aromatic nitrogens is 1. The molecule has 3 rings (SSSR count). The monoisotopic (exact) mass is 630 g/mol. The Morgan fingerprint density at radius 2 is 1.62 bits per heavy atom. The molecule has 9 heteroatoms. The Labute approximate surface area is 272 Å². The maximum atomic E-state index is 13.1. The lowest BCUT2D eigenvalue weighted by Gasteiger charge is -2.29. The Kier molecular flexibility index (Phi) is 23.7. The molecule has 0 saturated carbocycles. The minimum atomic E-state index is -0.161. The number of amides is 2. The fourth-order valence-electron chi connectivity index (χ4n) is 3.42. The third kappa shape index (κ3) is 21.6. The number of halogens is 1. The standard InChI is InChI=1S/C15H20N2O2.C11H14FNO.C5H12.C3H7NO.C2H6/c1-6-11(4)15(19-10(2)3)14-7-13(17-9-18)8-16-12(14)5;1-9-6-10(12)8-11(7-9)13-2-4-14-5-3-13;1-5(2,3)4;1-2-4-3-5;1-2/h7-9H,2,6H2,1,3-5H3,(H,17,18);6-8H,2-5H2,1H3;1-4H3;3H,2H2,1H3,(H,4,5);1-2H3. The van der Waals surface area contributed by atoms with Gasteiger partial charge in [-0.05, 0) is 81.9 Å². The number of carbonyl (C=O) groups excluding carboxylic acids is 2. The fraction of sp³-hybridized carbons (Fsp3) is 0.528. The molecular weight excluding hydrogens is 571 g/mol. The Hall–Kier alpha value is -3.72. The van der Waals surface area contributed by atoms with Crippen LogP contribution in [0.3, 0.4) is 0 Å². The molecule has 0 radical (unpaired) electrons. The zero-order valence-corrected chi connectivity index (χ0v) is 29.9. The molecule has 0 spiro atoms. The highest BCUT2D eigenvalue weighted by Crippen LogP contribution is 2.28. The van der Waals surface area contributed by atoms with Crippen LogP contribution in [0, 0.1) is 25.1 Å². The molecule has 2 aromatic rings. The normalized spacial score (nSPS) is 12.4. The second kappa shape index (κ2) is 24.6. The number of benzene rings is 1. The summed E-state index contributed by atoms with van der Waals surface area (Å²) in [5.74, 6) is 1.22. The number of ether oxygens (including phenoxy) is 2. The van der Waals surface area contributed by atoms with E-state index in [9.17, 15) is 14.0 Å². The fourth-order valence-corrected chi connectivity index (χ4v) is 3.42. The summed E-state index contributed by atoms with van der Waals surface area (Å²) in [6.07, 6.45) is 3.80. The van der Waals surface area contributed by atoms with Crippen LogP contribution in [0.25, 0.3) is 5.76 Å². The smallest absolute Gasteiger partial charge is 0.211 e. The number of anilines is 2. The van der Waals surface area contributed by atoms with E-state index >= 15 is 0 Å². The number of carbonyl (C=O) groups is 2. The van der Waals surface area contributed by atoms with Crippen LogP contribution in [-0.2, 0) is 19.1 Å². The molecule has 8 nitrogen and oxygen atoms in total. The van der Waals surface area contributed by atoms with Crippen LogP contribution in [0.15, 0.2) is 48.4 Å². The van der Waals surface area contributed by atoms with Gasteiger partial charge >= 0.3 is 0 Å². The Morgan fingerprint density at radius 3 is 2.04 bits per heavy atom. The van der Waals surface area contributed by atoms with Gasteiger partial charge in [-0.2, -0.15) is 0 Å². The maximum Gasteiger partial charge on any atom is 0.211 e. The minimum Gasteiger partial charge on any atom is -0.462 e. The summed E-state index contributed by atoms with van der Waals surface area (Å²) >= 11 is 0. The zero-order chi connectivity index (χ0) is 35.0. The summed E-state index contributed by atoms with van der Waals surface area (Å²) in [6, 6.07) is 6.99. The third-order valence-electron chi connectivity index (χ3n) is 5.44. The van der Waals surface area contributed by atoms with E-state index < -0.39 is 0 Å². The van der Waals surface area contributed by atoms with E-state index in [0.717, 1.165) is 73.1 Å². The molecule has 0 bridgehead atoms. The number of hydrogen-bond donors (Lipinski definition) is 2. The van der Waals surface area contributed by atoms with Crippen molar-refractivity contribution in [3.8, 4) is 0 Å². The van der Waals surface area contributed by atoms with Crippen LogP contribution in [-0.4, -0.2) is 50.7 Å². The second-order valence-corrected chi connectivity index (χ2v) is 11.6. The van der Waals surface area contributed by atoms with Crippen LogP contribution < -0.4 is 15.5 Å². The van der Waals surface area contributed by atoms with E-state index in [-0.39, 0.29) is 5.82 Å². The topological polar surface area (TPSA) is 92.8 Å². The number of hydrogen-bond acceptors (Lipinski definition) is 6. The second-order valence-electron chi connectivity index (χ2n) is 11.6. The molecule has 2 amide bonds. The van der Waals surface area contributed by atoms with Crippen LogP contribution in [0.5, 0.6) is 0 Å². The van der Waals surface area contributed by atoms with Gasteiger partial charge in [0.1, 0.15) is 11.6 Å². The molecule has 0 unspecified atom stereocenters. The largest absolute Gasteiger partial charge is 0.462 e. The summed E-state index contributed by atoms with van der Waals surface area (Å²) in [5.41, 5.74) is 5.89. The van der Waals surface area contributed by atoms with Crippen molar-refractivity contribution in [2.75, 3.05) is 43.1 Å². The Balaban J connectivity index is 0. The molecule has 45 heavy (non-hydrogen) atoms. The molecule has 1 saturated heterocycles. The average Bonchev–Trinajstić information content (AvgIpc) is 2.98. The molecule has 2 N–H and O–H groups in total. The molecule has 1 fully saturated rings. The number of aryl methyl sites for hydroxylation is 2. The van der Waals surface area contributed by atoms with Crippen molar-refractivity contribution in [1.82, 2.24) is 10.3 Å². The third-order valence-corrected chi connectivity index (χ3v) is 5.44. The van der Waals surface area contributed by atoms with Gasteiger partial charge in [-0.15, -0.1) is 0 Å². The van der Waals surface area contributed by atoms with E-state index in [4.69, 9.17) is 9.47 Å². The first-order valence-electron chi connectivity index (χ1n) is 15.6. The number of nitrogens with one attached hydrogen (secondary N) is 2. The molecule has 254 valence electrons. The van der Waals surface area contributed by atoms with Gasteiger partial charge in [0, 0.05) is 36.6 Å². The van der Waals surface area contributed by atoms with Crippen molar-refractivity contribution in [2.45, 2.75) is 89.5 Å². The van der Waals surface area contributed by atoms with Gasteiger partial charge in [-0.3, -0.25) is 14.6 Å². The lowest BCUT2D eigenvalue weighted by Crippen LogP contribution is -2.36. The predicted molar refractivity (Wildman–Crippen MR) is 188 cm³/mol. The van der Waals surface area contributed by atoms with Gasteiger partial charge in [0.15, 0.2) is 0 Å². The number of pyridine rings is 1. The van der Waals surface area contributed by atoms with Crippen molar-refractivity contribution < 1.29 is 23.5 Å². The highest BCUT2D eigenvalue weighted by molar-refractivity contribution is 5.75. The van der Waals surface area contributed by atoms with Gasteiger partial charge in [0.05, 0.1) is 30.9 Å². The van der Waals surface area contributed by atoms with Gasteiger partial charge in [0.2, 0.25) is 12.8 Å². The predicted octanol–water partition coefficient (Wildman–Crippen LogP) is 8.45. The SMILES string of the molecule is C=C(C)OC(=C(C)CC)c1cc(NC=O)cnc1C.CC.CC(C)(C)C.CCNC=O.Cc1cc(F)cc(N2CCOCC2)c1. The molecule has 0 atom stereocenters. The van der Waals surface area contributed by atoms with Crippen molar-refractivity contribution in [2.24, 2.45) is 5.41 Å². The van der Waals surface area contributed by atoms with E-state index in [1.165, 1.54) is 0 Å². The molecule has 0 aliphatic carbocycles. The van der Waals surface area contributed by atoms with Crippen molar-refractivity contribution >= 4 is 30.0 Å². The summed E-state index contributed by atoms with van der Waals surface area (Å²) in [4.78, 5) is 26.2. The minimum absolute atomic E-state index is 0.161. The summed E-state index contributed by atoms with van der Waals surface area (Å²) in [5, 5.41) is 5.03. The summed E-state index contributed by atoms with van der Waals surface area (Å²) in [7, 11) is 0. The highest BCUT2D eigenvalue weighted by Gasteiger charge is 2.13. The van der Waals surface area contributed by atoms with Crippen molar-refractivity contribution in [3.05, 3.63) is 71.0 Å². The average molecular weight is 631 g/mol. The molecule has 1 aromatic carbocycles. The Bertz CT molecular complexity index is 1140. The number of rotatable bonds is 9. The first-order chi connectivity index (χ1) is 21.2. The lowest BCUT2D eigenvalue weighted by atomic mass is 10.0. The molecule has 1 aliphatic rings. The van der Waals surface area contributed by atoms with Gasteiger partial charge < -0.3 is 25.0 Å². The van der Waals surface area contributed by atoms with Crippen molar-refractivity contribution in [1.29, 1.82) is 0 Å². The maximum absolute atomic E-state index is 13.1. The lowest BCUT2D eigenvalue weighted by molar-refractivity contribution is -0.109. The van der Waals surface area contributed by atoms with E-state index in [2.05, 4.69) is 61.7 Å². The number of nitrogens with zero attached hydrogens (tertiary/aromatic N) is 2. The zero-order valence-electron chi connectivity index (χ0n) is 29.9. The number of allylic oxidation sites excluding steroid dienone is 2. The van der Waals surface area contributed by atoms with E-state index in [0.29, 0.717) is 29.7 Å². The first kappa shape index (κ1) is 43.4. The van der Waals surface area contributed by atoms with E-state index in [1.807, 2.05) is 53.7 Å². The Morgan fingerprint density at radius 1 is 1.04 bits per heavy atom. The van der Waals surface area contributed by atoms with Gasteiger partial charge in [-0.1, -0.05) is 55.0 Å². The first-order valence-corrected chi connectivity index (χ1v) is 15.6. The van der Waals surface area contributed by atoms with Gasteiger partial charge in [-0.25, -0.2) is 4.39 Å². The van der Waals surface area contributed by atoms with Crippen LogP contribution in [0.1, 0.15) is 92.5 Å². The molecule has 1 aliphatic heterocycles. The van der Waals surface area contributed by atoms with Crippen LogP contribution in [0.4, 0.5) is 15.8 Å². The van der Waals surface area contributed by atoms with Gasteiger partial charge in [0.25, 0.3) is 0 Å². The molecular formula is C36H59FN4O4. The summed E-state index contributed by atoms with van der Waals surface area (Å²) < 4.78 is 24.1. The quantitative estimate of drug-likeness (QED) is 0.213. The highest BCUT2D eigenvalue weighted by atomic mass is 19.1.